The minimum Gasteiger partial charge on any atom is -0.462 e. The van der Waals surface area contributed by atoms with Gasteiger partial charge in [-0.2, -0.15) is 0 Å². The third-order valence-corrected chi connectivity index (χ3v) is 13.9. The van der Waals surface area contributed by atoms with Gasteiger partial charge in [0.05, 0.1) is 0 Å². The zero-order valence-corrected chi connectivity index (χ0v) is 47.5. The first kappa shape index (κ1) is 68.4. The highest BCUT2D eigenvalue weighted by Crippen LogP contribution is 2.18. The van der Waals surface area contributed by atoms with E-state index in [2.05, 4.69) is 57.2 Å². The van der Waals surface area contributed by atoms with Gasteiger partial charge in [-0.15, -0.1) is 0 Å². The van der Waals surface area contributed by atoms with Crippen LogP contribution in [0.5, 0.6) is 0 Å². The molecule has 0 rings (SSSR count). The summed E-state index contributed by atoms with van der Waals surface area (Å²) >= 11 is 0. The molecular weight excluding hydrogens is 877 g/mol. The van der Waals surface area contributed by atoms with Gasteiger partial charge in [-0.3, -0.25) is 14.4 Å². The van der Waals surface area contributed by atoms with Gasteiger partial charge in [-0.1, -0.05) is 313 Å². The van der Waals surface area contributed by atoms with Crippen LogP contribution in [0.25, 0.3) is 0 Å². The molecule has 414 valence electrons. The van der Waals surface area contributed by atoms with Crippen molar-refractivity contribution in [3.05, 3.63) is 48.6 Å². The van der Waals surface area contributed by atoms with Crippen LogP contribution in [0.4, 0.5) is 0 Å². The van der Waals surface area contributed by atoms with E-state index in [1.807, 2.05) is 12.2 Å². The van der Waals surface area contributed by atoms with Crippen LogP contribution in [0.3, 0.4) is 0 Å². The van der Waals surface area contributed by atoms with Gasteiger partial charge in [0.2, 0.25) is 0 Å². The summed E-state index contributed by atoms with van der Waals surface area (Å²) in [7, 11) is 0. The second-order valence-electron chi connectivity index (χ2n) is 21.0. The first-order valence-corrected chi connectivity index (χ1v) is 31.1. The van der Waals surface area contributed by atoms with Gasteiger partial charge in [0.25, 0.3) is 0 Å². The second-order valence-corrected chi connectivity index (χ2v) is 21.0. The summed E-state index contributed by atoms with van der Waals surface area (Å²) in [6, 6.07) is 0. The van der Waals surface area contributed by atoms with Gasteiger partial charge in [-0.05, 0) is 44.9 Å². The van der Waals surface area contributed by atoms with Crippen molar-refractivity contribution in [2.75, 3.05) is 13.2 Å². The Morgan fingerprint density at radius 2 is 0.549 bits per heavy atom. The second kappa shape index (κ2) is 59.9. The fourth-order valence-corrected chi connectivity index (χ4v) is 9.22. The monoisotopic (exact) mass is 995 g/mol. The molecule has 0 radical (unpaired) electrons. The summed E-state index contributed by atoms with van der Waals surface area (Å²) in [5.41, 5.74) is 0. The summed E-state index contributed by atoms with van der Waals surface area (Å²) in [5, 5.41) is 0. The molecule has 71 heavy (non-hydrogen) atoms. The minimum atomic E-state index is -0.806. The topological polar surface area (TPSA) is 78.9 Å². The Labute approximate surface area is 441 Å². The van der Waals surface area contributed by atoms with Crippen molar-refractivity contribution < 1.29 is 28.6 Å². The fraction of sp³-hybridized carbons (Fsp3) is 0.831. The Morgan fingerprint density at radius 3 is 0.831 bits per heavy atom. The summed E-state index contributed by atoms with van der Waals surface area (Å²) in [6.07, 6.45) is 74.8. The Balaban J connectivity index is 3.94. The van der Waals surface area contributed by atoms with Gasteiger partial charge < -0.3 is 14.2 Å². The van der Waals surface area contributed by atoms with Crippen LogP contribution in [0.15, 0.2) is 48.6 Å². The van der Waals surface area contributed by atoms with E-state index in [9.17, 15) is 14.4 Å². The molecular formula is C65H118O6. The molecule has 0 fully saturated rings. The molecule has 6 nitrogen and oxygen atoms in total. The van der Waals surface area contributed by atoms with Crippen LogP contribution >= 0.6 is 0 Å². The van der Waals surface area contributed by atoms with E-state index in [1.54, 1.807) is 0 Å². The molecule has 0 aliphatic rings. The van der Waals surface area contributed by atoms with E-state index in [1.165, 1.54) is 218 Å². The smallest absolute Gasteiger partial charge is 0.306 e. The molecule has 0 aliphatic carbocycles. The zero-order chi connectivity index (χ0) is 51.4. The van der Waals surface area contributed by atoms with E-state index in [0.717, 1.165) is 64.2 Å². The lowest BCUT2D eigenvalue weighted by atomic mass is 10.0. The van der Waals surface area contributed by atoms with E-state index >= 15 is 0 Å². The Kier molecular flexibility index (Phi) is 57.7. The highest BCUT2D eigenvalue weighted by Gasteiger charge is 2.19. The quantitative estimate of drug-likeness (QED) is 0.0261. The maximum Gasteiger partial charge on any atom is 0.306 e. The third kappa shape index (κ3) is 58.1. The third-order valence-electron chi connectivity index (χ3n) is 13.9. The van der Waals surface area contributed by atoms with Crippen LogP contribution in [-0.4, -0.2) is 37.2 Å². The normalized spacial score (nSPS) is 12.3. The summed E-state index contributed by atoms with van der Waals surface area (Å²) < 4.78 is 16.7. The minimum absolute atomic E-state index is 0.0983. The van der Waals surface area contributed by atoms with E-state index in [-0.39, 0.29) is 37.5 Å². The number of ether oxygens (including phenoxy) is 3. The number of hydrogen-bond acceptors (Lipinski definition) is 6. The molecule has 0 N–H and O–H groups in total. The largest absolute Gasteiger partial charge is 0.462 e. The maximum absolute atomic E-state index is 12.7. The van der Waals surface area contributed by atoms with E-state index < -0.39 is 6.10 Å². The maximum atomic E-state index is 12.7. The lowest BCUT2D eigenvalue weighted by molar-refractivity contribution is -0.166. The van der Waals surface area contributed by atoms with E-state index in [4.69, 9.17) is 14.2 Å². The number of allylic oxidation sites excluding steroid dienone is 8. The molecule has 0 saturated carbocycles. The predicted molar refractivity (Wildman–Crippen MR) is 307 cm³/mol. The molecule has 0 amide bonds. The van der Waals surface area contributed by atoms with Crippen molar-refractivity contribution in [1.82, 2.24) is 0 Å². The Morgan fingerprint density at radius 1 is 0.296 bits per heavy atom. The van der Waals surface area contributed by atoms with Gasteiger partial charge in [0.1, 0.15) is 13.2 Å². The van der Waals surface area contributed by atoms with Crippen molar-refractivity contribution in [2.45, 2.75) is 335 Å². The highest BCUT2D eigenvalue weighted by molar-refractivity contribution is 5.71. The Bertz CT molecular complexity index is 1230. The van der Waals surface area contributed by atoms with Crippen molar-refractivity contribution in [2.24, 2.45) is 0 Å². The van der Waals surface area contributed by atoms with Crippen LogP contribution < -0.4 is 0 Å². The van der Waals surface area contributed by atoms with Crippen LogP contribution in [0.2, 0.25) is 0 Å². The molecule has 0 aromatic rings. The number of unbranched alkanes of at least 4 members (excludes halogenated alkanes) is 38. The molecule has 6 heteroatoms. The van der Waals surface area contributed by atoms with Gasteiger partial charge in [-0.25, -0.2) is 0 Å². The fourth-order valence-electron chi connectivity index (χ4n) is 9.22. The highest BCUT2D eigenvalue weighted by atomic mass is 16.6. The number of carbonyl (C=O) groups is 3. The average molecular weight is 996 g/mol. The predicted octanol–water partition coefficient (Wildman–Crippen LogP) is 21.0. The molecule has 0 heterocycles. The molecule has 0 aliphatic heterocycles. The lowest BCUT2D eigenvalue weighted by Crippen LogP contribution is -2.30. The molecule has 0 aromatic carbocycles. The van der Waals surface area contributed by atoms with Crippen molar-refractivity contribution in [3.8, 4) is 0 Å². The Hall–Kier alpha value is -2.63. The van der Waals surface area contributed by atoms with Gasteiger partial charge >= 0.3 is 17.9 Å². The first-order chi connectivity index (χ1) is 35.0. The molecule has 1 atom stereocenters. The molecule has 0 spiro atoms. The molecule has 0 bridgehead atoms. The standard InChI is InChI=1S/C65H118O6/c1-4-7-10-13-16-18-20-22-23-24-25-26-27-28-29-30-31-32-33-34-35-36-37-38-39-40-41-43-44-46-49-52-55-58-64(67)70-61-62(60-69-63(66)57-54-51-48-15-12-9-6-3)71-65(68)59-56-53-50-47-45-42-21-19-17-14-11-8-5-2/h8,11,17,19,42,45,50,53,62H,4-7,9-10,12-16,18,20-41,43-44,46-49,51-52,54-61H2,1-3H3/b11-8-,19-17-,45-42-,53-50-. The summed E-state index contributed by atoms with van der Waals surface area (Å²) in [4.78, 5) is 37.8. The van der Waals surface area contributed by atoms with E-state index in [0.29, 0.717) is 19.3 Å². The number of rotatable bonds is 57. The van der Waals surface area contributed by atoms with Gasteiger partial charge in [0.15, 0.2) is 6.10 Å². The SMILES string of the molecule is CC/C=C\C/C=C\C/C=C\C/C=C\CCC(=O)OC(COC(=O)CCCCCCCCC)COC(=O)CCCCCCCCCCCCCCCCCCCCCCCCCCCCCCCCCCC. The zero-order valence-electron chi connectivity index (χ0n) is 47.5. The number of carbonyl (C=O) groups excluding carboxylic acids is 3. The molecule has 1 unspecified atom stereocenters. The van der Waals surface area contributed by atoms with Crippen LogP contribution in [0, 0.1) is 0 Å². The first-order valence-electron chi connectivity index (χ1n) is 31.1. The molecule has 0 saturated heterocycles. The van der Waals surface area contributed by atoms with Crippen molar-refractivity contribution >= 4 is 17.9 Å². The van der Waals surface area contributed by atoms with Gasteiger partial charge in [0, 0.05) is 19.3 Å². The molecule has 0 aromatic heterocycles. The number of hydrogen-bond donors (Lipinski definition) is 0. The summed E-state index contributed by atoms with van der Waals surface area (Å²) in [5.74, 6) is -0.976. The van der Waals surface area contributed by atoms with Crippen molar-refractivity contribution in [3.63, 3.8) is 0 Å². The lowest BCUT2D eigenvalue weighted by Gasteiger charge is -2.18. The number of esters is 3. The van der Waals surface area contributed by atoms with Crippen LogP contribution in [0.1, 0.15) is 329 Å². The average Bonchev–Trinajstić information content (AvgIpc) is 3.37. The summed E-state index contributed by atoms with van der Waals surface area (Å²) in [6.45, 7) is 6.45. The van der Waals surface area contributed by atoms with Crippen LogP contribution in [-0.2, 0) is 28.6 Å². The van der Waals surface area contributed by atoms with Crippen molar-refractivity contribution in [1.29, 1.82) is 0 Å².